The molecular formula is C8H15NO2. The third-order valence-electron chi connectivity index (χ3n) is 1.26. The van der Waals surface area contributed by atoms with Crippen LogP contribution in [-0.2, 0) is 9.53 Å². The van der Waals surface area contributed by atoms with Crippen LogP contribution in [0.5, 0.6) is 0 Å². The van der Waals surface area contributed by atoms with Gasteiger partial charge in [-0.1, -0.05) is 13.3 Å². The van der Waals surface area contributed by atoms with Crippen LogP contribution in [0.25, 0.3) is 0 Å². The third-order valence-corrected chi connectivity index (χ3v) is 1.26. The van der Waals surface area contributed by atoms with Gasteiger partial charge < -0.3 is 10.5 Å². The lowest BCUT2D eigenvalue weighted by atomic mass is 10.3. The molecule has 0 heterocycles. The molecule has 0 bridgehead atoms. The van der Waals surface area contributed by atoms with Gasteiger partial charge >= 0.3 is 0 Å². The zero-order valence-electron chi connectivity index (χ0n) is 7.09. The molecule has 0 saturated heterocycles. The first kappa shape index (κ1) is 10.0. The molecule has 2 N–H and O–H groups in total. The third kappa shape index (κ3) is 4.42. The topological polar surface area (TPSA) is 52.3 Å². The van der Waals surface area contributed by atoms with Gasteiger partial charge in [0.25, 0.3) is 5.91 Å². The number of unbranched alkanes of at least 4 members (excludes halogenated alkanes) is 1. The summed E-state index contributed by atoms with van der Waals surface area (Å²) in [6.45, 7) is 4.36. The van der Waals surface area contributed by atoms with Crippen LogP contribution in [0.15, 0.2) is 11.8 Å². The molecule has 0 aromatic rings. The maximum absolute atomic E-state index is 10.6. The van der Waals surface area contributed by atoms with E-state index in [2.05, 4.69) is 6.92 Å². The standard InChI is InChI=1S/C8H15NO2/c1-3-5-6-11-7(4-2)8(9)10/h4H,3,5-6H2,1-2H3,(H2,9,10)/b7-4+. The van der Waals surface area contributed by atoms with E-state index in [1.807, 2.05) is 0 Å². The fourth-order valence-electron chi connectivity index (χ4n) is 0.623. The average molecular weight is 157 g/mol. The fourth-order valence-corrected chi connectivity index (χ4v) is 0.623. The van der Waals surface area contributed by atoms with Crippen LogP contribution in [0, 0.1) is 0 Å². The molecule has 1 amide bonds. The van der Waals surface area contributed by atoms with Gasteiger partial charge in [0.15, 0.2) is 5.76 Å². The number of nitrogens with two attached hydrogens (primary N) is 1. The first-order chi connectivity index (χ1) is 5.22. The molecule has 0 aliphatic carbocycles. The molecule has 0 aromatic carbocycles. The number of carbonyl (C=O) groups is 1. The first-order valence-corrected chi connectivity index (χ1v) is 3.81. The van der Waals surface area contributed by atoms with Crippen LogP contribution in [-0.4, -0.2) is 12.5 Å². The van der Waals surface area contributed by atoms with Crippen LogP contribution in [0.2, 0.25) is 0 Å². The zero-order valence-corrected chi connectivity index (χ0v) is 7.09. The summed E-state index contributed by atoms with van der Waals surface area (Å²) in [6.07, 6.45) is 3.58. The average Bonchev–Trinajstić information content (AvgIpc) is 1.97. The lowest BCUT2D eigenvalue weighted by molar-refractivity contribution is -0.117. The Kier molecular flexibility index (Phi) is 5.25. The van der Waals surface area contributed by atoms with E-state index in [1.54, 1.807) is 13.0 Å². The van der Waals surface area contributed by atoms with Gasteiger partial charge in [0.1, 0.15) is 0 Å². The molecule has 3 nitrogen and oxygen atoms in total. The van der Waals surface area contributed by atoms with E-state index in [9.17, 15) is 4.79 Å². The predicted molar refractivity (Wildman–Crippen MR) is 43.8 cm³/mol. The monoisotopic (exact) mass is 157 g/mol. The minimum atomic E-state index is -0.497. The molecule has 0 saturated carbocycles. The summed E-state index contributed by atoms with van der Waals surface area (Å²) in [4.78, 5) is 10.6. The molecule has 0 spiro atoms. The van der Waals surface area contributed by atoms with Crippen molar-refractivity contribution < 1.29 is 9.53 Å². The minimum Gasteiger partial charge on any atom is -0.488 e. The number of rotatable bonds is 5. The first-order valence-electron chi connectivity index (χ1n) is 3.81. The van der Waals surface area contributed by atoms with Crippen molar-refractivity contribution >= 4 is 5.91 Å². The molecular weight excluding hydrogens is 142 g/mol. The van der Waals surface area contributed by atoms with Crippen molar-refractivity contribution in [2.75, 3.05) is 6.61 Å². The summed E-state index contributed by atoms with van der Waals surface area (Å²) in [5.41, 5.74) is 5.00. The van der Waals surface area contributed by atoms with Gasteiger partial charge in [0, 0.05) is 0 Å². The van der Waals surface area contributed by atoms with E-state index >= 15 is 0 Å². The number of amides is 1. The van der Waals surface area contributed by atoms with Crippen LogP contribution < -0.4 is 5.73 Å². The Bertz CT molecular complexity index is 152. The van der Waals surface area contributed by atoms with Crippen molar-refractivity contribution in [3.8, 4) is 0 Å². The summed E-state index contributed by atoms with van der Waals surface area (Å²) < 4.78 is 5.08. The Morgan fingerprint density at radius 2 is 2.27 bits per heavy atom. The van der Waals surface area contributed by atoms with Crippen molar-refractivity contribution in [2.24, 2.45) is 5.73 Å². The lowest BCUT2D eigenvalue weighted by Crippen LogP contribution is -2.16. The van der Waals surface area contributed by atoms with E-state index < -0.39 is 5.91 Å². The maximum Gasteiger partial charge on any atom is 0.283 e. The number of primary amides is 1. The molecule has 0 fully saturated rings. The van der Waals surface area contributed by atoms with E-state index in [4.69, 9.17) is 10.5 Å². The minimum absolute atomic E-state index is 0.262. The smallest absolute Gasteiger partial charge is 0.283 e. The van der Waals surface area contributed by atoms with Gasteiger partial charge in [0.05, 0.1) is 6.61 Å². The molecule has 0 unspecified atom stereocenters. The highest BCUT2D eigenvalue weighted by Crippen LogP contribution is 1.98. The Morgan fingerprint density at radius 3 is 2.64 bits per heavy atom. The van der Waals surface area contributed by atoms with Gasteiger partial charge in [-0.15, -0.1) is 0 Å². The predicted octanol–water partition coefficient (Wildman–Crippen LogP) is 1.19. The van der Waals surface area contributed by atoms with E-state index in [0.717, 1.165) is 12.8 Å². The van der Waals surface area contributed by atoms with Crippen molar-refractivity contribution in [1.82, 2.24) is 0 Å². The van der Waals surface area contributed by atoms with E-state index in [-0.39, 0.29) is 5.76 Å². The van der Waals surface area contributed by atoms with E-state index in [0.29, 0.717) is 6.61 Å². The lowest BCUT2D eigenvalue weighted by Gasteiger charge is -2.04. The molecule has 64 valence electrons. The SMILES string of the molecule is C/C=C(/OCCCC)C(N)=O. The van der Waals surface area contributed by atoms with Crippen molar-refractivity contribution in [3.63, 3.8) is 0 Å². The molecule has 0 rings (SSSR count). The van der Waals surface area contributed by atoms with E-state index in [1.165, 1.54) is 0 Å². The van der Waals surface area contributed by atoms with Crippen molar-refractivity contribution in [2.45, 2.75) is 26.7 Å². The zero-order chi connectivity index (χ0) is 8.69. The summed E-state index contributed by atoms with van der Waals surface area (Å²) in [7, 11) is 0. The van der Waals surface area contributed by atoms with Gasteiger partial charge in [-0.2, -0.15) is 0 Å². The molecule has 11 heavy (non-hydrogen) atoms. The summed E-state index contributed by atoms with van der Waals surface area (Å²) >= 11 is 0. The maximum atomic E-state index is 10.6. The molecule has 0 aliphatic rings. The Hall–Kier alpha value is -0.990. The molecule has 0 atom stereocenters. The normalized spacial score (nSPS) is 11.3. The van der Waals surface area contributed by atoms with Crippen LogP contribution in [0.1, 0.15) is 26.7 Å². The summed E-state index contributed by atoms with van der Waals surface area (Å²) in [5.74, 6) is -0.234. The summed E-state index contributed by atoms with van der Waals surface area (Å²) in [5, 5.41) is 0. The fraction of sp³-hybridized carbons (Fsp3) is 0.625. The Morgan fingerprint density at radius 1 is 1.64 bits per heavy atom. The van der Waals surface area contributed by atoms with Crippen LogP contribution >= 0.6 is 0 Å². The molecule has 0 radical (unpaired) electrons. The van der Waals surface area contributed by atoms with Crippen LogP contribution in [0.3, 0.4) is 0 Å². The van der Waals surface area contributed by atoms with Gasteiger partial charge in [-0.05, 0) is 19.4 Å². The highest BCUT2D eigenvalue weighted by Gasteiger charge is 2.02. The van der Waals surface area contributed by atoms with Crippen LogP contribution in [0.4, 0.5) is 0 Å². The Balaban J connectivity index is 3.63. The second-order valence-electron chi connectivity index (χ2n) is 2.22. The van der Waals surface area contributed by atoms with Gasteiger partial charge in [-0.25, -0.2) is 0 Å². The second kappa shape index (κ2) is 5.77. The number of carbonyl (C=O) groups excluding carboxylic acids is 1. The van der Waals surface area contributed by atoms with Gasteiger partial charge in [0.2, 0.25) is 0 Å². The Labute approximate surface area is 67.2 Å². The van der Waals surface area contributed by atoms with Gasteiger partial charge in [-0.3, -0.25) is 4.79 Å². The number of hydrogen-bond acceptors (Lipinski definition) is 2. The van der Waals surface area contributed by atoms with Crippen molar-refractivity contribution in [1.29, 1.82) is 0 Å². The second-order valence-corrected chi connectivity index (χ2v) is 2.22. The van der Waals surface area contributed by atoms with Crippen molar-refractivity contribution in [3.05, 3.63) is 11.8 Å². The number of allylic oxidation sites excluding steroid dienone is 1. The molecule has 3 heteroatoms. The largest absolute Gasteiger partial charge is 0.488 e. The highest BCUT2D eigenvalue weighted by molar-refractivity contribution is 5.89. The summed E-state index contributed by atoms with van der Waals surface area (Å²) in [6, 6.07) is 0. The number of ether oxygens (including phenoxy) is 1. The molecule has 0 aromatic heterocycles. The molecule has 0 aliphatic heterocycles. The quantitative estimate of drug-likeness (QED) is 0.370. The number of hydrogen-bond donors (Lipinski definition) is 1. The highest BCUT2D eigenvalue weighted by atomic mass is 16.5.